The summed E-state index contributed by atoms with van der Waals surface area (Å²) < 4.78 is 0. The maximum atomic E-state index is 11.5. The van der Waals surface area contributed by atoms with Crippen LogP contribution in [0, 0.1) is 17.8 Å². The highest BCUT2D eigenvalue weighted by atomic mass is 16.1. The van der Waals surface area contributed by atoms with Crippen LogP contribution in [-0.2, 0) is 4.79 Å². The third-order valence-corrected chi connectivity index (χ3v) is 3.70. The molecule has 3 aliphatic carbocycles. The van der Waals surface area contributed by atoms with Gasteiger partial charge in [0.2, 0.25) is 0 Å². The third-order valence-electron chi connectivity index (χ3n) is 3.70. The Kier molecular flexibility index (Phi) is 0.961. The minimum absolute atomic E-state index is 0.428. The zero-order valence-electron chi connectivity index (χ0n) is 6.55. The molecule has 3 rings (SSSR count). The molecule has 0 aromatic rings. The number of hydrogen-bond acceptors (Lipinski definition) is 1. The van der Waals surface area contributed by atoms with Crippen LogP contribution >= 0.6 is 0 Å². The molecule has 0 saturated heterocycles. The molecule has 3 aliphatic rings. The first kappa shape index (κ1) is 5.99. The molecular formula is C10H12O. The SMILES string of the molecule is O=C1C2=CC[C@H]1[C@H]1CCC[C@@H]21. The average Bonchev–Trinajstić information content (AvgIpc) is 2.61. The van der Waals surface area contributed by atoms with Crippen molar-refractivity contribution in [2.45, 2.75) is 25.7 Å². The van der Waals surface area contributed by atoms with Gasteiger partial charge < -0.3 is 0 Å². The largest absolute Gasteiger partial charge is 0.294 e. The standard InChI is InChI=1S/C10H12O/c11-10-8-4-5-9(10)7-3-1-2-6(7)8/h4,6-7,9H,1-3,5H2/t6-,7+,9+/m1/s1. The molecule has 0 N–H and O–H groups in total. The fourth-order valence-electron chi connectivity index (χ4n) is 3.24. The van der Waals surface area contributed by atoms with Crippen molar-refractivity contribution in [2.75, 3.05) is 0 Å². The van der Waals surface area contributed by atoms with Crippen molar-refractivity contribution >= 4 is 5.78 Å². The molecule has 0 spiro atoms. The molecule has 2 bridgehead atoms. The summed E-state index contributed by atoms with van der Waals surface area (Å²) in [5, 5.41) is 0. The van der Waals surface area contributed by atoms with Crippen LogP contribution in [0.15, 0.2) is 11.6 Å². The molecule has 0 aromatic carbocycles. The lowest BCUT2D eigenvalue weighted by Crippen LogP contribution is -2.12. The zero-order chi connectivity index (χ0) is 7.42. The molecule has 1 nitrogen and oxygen atoms in total. The Morgan fingerprint density at radius 3 is 3.00 bits per heavy atom. The quantitative estimate of drug-likeness (QED) is 0.513. The van der Waals surface area contributed by atoms with Crippen molar-refractivity contribution < 1.29 is 4.79 Å². The van der Waals surface area contributed by atoms with Crippen LogP contribution in [0.1, 0.15) is 25.7 Å². The van der Waals surface area contributed by atoms with Gasteiger partial charge in [-0.3, -0.25) is 4.79 Å². The number of hydrogen-bond donors (Lipinski definition) is 0. The van der Waals surface area contributed by atoms with Crippen LogP contribution in [0.2, 0.25) is 0 Å². The lowest BCUT2D eigenvalue weighted by atomic mass is 9.86. The van der Waals surface area contributed by atoms with E-state index < -0.39 is 0 Å². The molecule has 3 atom stereocenters. The van der Waals surface area contributed by atoms with Gasteiger partial charge in [-0.2, -0.15) is 0 Å². The Morgan fingerprint density at radius 2 is 2.18 bits per heavy atom. The summed E-state index contributed by atoms with van der Waals surface area (Å²) in [6.07, 6.45) is 7.22. The van der Waals surface area contributed by atoms with Crippen molar-refractivity contribution in [1.82, 2.24) is 0 Å². The van der Waals surface area contributed by atoms with Crippen LogP contribution in [0.25, 0.3) is 0 Å². The highest BCUT2D eigenvalue weighted by Gasteiger charge is 2.50. The Hall–Kier alpha value is -0.590. The van der Waals surface area contributed by atoms with Crippen molar-refractivity contribution in [3.63, 3.8) is 0 Å². The van der Waals surface area contributed by atoms with Gasteiger partial charge in [0, 0.05) is 5.92 Å². The molecule has 58 valence electrons. The van der Waals surface area contributed by atoms with E-state index in [1.165, 1.54) is 24.8 Å². The van der Waals surface area contributed by atoms with Crippen LogP contribution < -0.4 is 0 Å². The predicted molar refractivity (Wildman–Crippen MR) is 42.0 cm³/mol. The second-order valence-electron chi connectivity index (χ2n) is 4.07. The van der Waals surface area contributed by atoms with Gasteiger partial charge in [0.15, 0.2) is 5.78 Å². The first-order chi connectivity index (χ1) is 5.38. The topological polar surface area (TPSA) is 17.1 Å². The normalized spacial score (nSPS) is 46.4. The molecule has 0 radical (unpaired) electrons. The fraction of sp³-hybridized carbons (Fsp3) is 0.700. The second kappa shape index (κ2) is 1.77. The van der Waals surface area contributed by atoms with Gasteiger partial charge in [0.1, 0.15) is 0 Å². The van der Waals surface area contributed by atoms with E-state index in [0.717, 1.165) is 12.3 Å². The summed E-state index contributed by atoms with van der Waals surface area (Å²) in [4.78, 5) is 11.5. The summed E-state index contributed by atoms with van der Waals surface area (Å²) in [5.41, 5.74) is 1.21. The zero-order valence-corrected chi connectivity index (χ0v) is 6.55. The van der Waals surface area contributed by atoms with Crippen LogP contribution in [0.3, 0.4) is 0 Å². The molecule has 0 unspecified atom stereocenters. The van der Waals surface area contributed by atoms with Gasteiger partial charge in [-0.25, -0.2) is 0 Å². The van der Waals surface area contributed by atoms with Crippen LogP contribution in [0.5, 0.6) is 0 Å². The smallest absolute Gasteiger partial charge is 0.162 e. The number of ketones is 1. The first-order valence-corrected chi connectivity index (χ1v) is 4.62. The van der Waals surface area contributed by atoms with Gasteiger partial charge in [-0.15, -0.1) is 0 Å². The van der Waals surface area contributed by atoms with Gasteiger partial charge in [-0.05, 0) is 36.7 Å². The summed E-state index contributed by atoms with van der Waals surface area (Å²) in [7, 11) is 0. The molecule has 0 aliphatic heterocycles. The van der Waals surface area contributed by atoms with Crippen molar-refractivity contribution in [3.8, 4) is 0 Å². The summed E-state index contributed by atoms with van der Waals surface area (Å²) in [6, 6.07) is 0. The van der Waals surface area contributed by atoms with E-state index >= 15 is 0 Å². The monoisotopic (exact) mass is 148 g/mol. The highest BCUT2D eigenvalue weighted by Crippen LogP contribution is 2.53. The molecule has 2 fully saturated rings. The van der Waals surface area contributed by atoms with Gasteiger partial charge in [-0.1, -0.05) is 12.5 Å². The average molecular weight is 148 g/mol. The number of carbonyl (C=O) groups excluding carboxylic acids is 1. The van der Waals surface area contributed by atoms with E-state index in [4.69, 9.17) is 0 Å². The van der Waals surface area contributed by atoms with E-state index in [9.17, 15) is 4.79 Å². The molecule has 11 heavy (non-hydrogen) atoms. The molecule has 1 heteroatoms. The van der Waals surface area contributed by atoms with Gasteiger partial charge >= 0.3 is 0 Å². The maximum absolute atomic E-state index is 11.5. The number of Topliss-reactive ketones (excluding diaryl/α,β-unsaturated/α-hetero) is 1. The highest BCUT2D eigenvalue weighted by molar-refractivity contribution is 6.02. The number of carbonyl (C=O) groups is 1. The summed E-state index contributed by atoms with van der Waals surface area (Å²) >= 11 is 0. The van der Waals surface area contributed by atoms with Crippen molar-refractivity contribution in [2.24, 2.45) is 17.8 Å². The van der Waals surface area contributed by atoms with Gasteiger partial charge in [0.05, 0.1) is 0 Å². The maximum Gasteiger partial charge on any atom is 0.162 e. The molecule has 0 amide bonds. The fourth-order valence-corrected chi connectivity index (χ4v) is 3.24. The Labute approximate surface area is 66.5 Å². The molecule has 0 heterocycles. The lowest BCUT2D eigenvalue weighted by molar-refractivity contribution is -0.117. The lowest BCUT2D eigenvalue weighted by Gasteiger charge is -2.16. The number of rotatable bonds is 0. The van der Waals surface area contributed by atoms with E-state index in [0.29, 0.717) is 17.6 Å². The van der Waals surface area contributed by atoms with E-state index in [1.54, 1.807) is 0 Å². The number of fused-ring (bicyclic) bond motifs is 5. The summed E-state index contributed by atoms with van der Waals surface area (Å²) in [5.74, 6) is 2.39. The molecule has 2 saturated carbocycles. The summed E-state index contributed by atoms with van der Waals surface area (Å²) in [6.45, 7) is 0. The first-order valence-electron chi connectivity index (χ1n) is 4.62. The van der Waals surface area contributed by atoms with Crippen LogP contribution in [-0.4, -0.2) is 5.78 Å². The second-order valence-corrected chi connectivity index (χ2v) is 4.07. The van der Waals surface area contributed by atoms with Crippen LogP contribution in [0.4, 0.5) is 0 Å². The Bertz CT molecular complexity index is 252. The minimum Gasteiger partial charge on any atom is -0.294 e. The Balaban J connectivity index is 2.08. The third kappa shape index (κ3) is 0.559. The van der Waals surface area contributed by atoms with E-state index in [1.807, 2.05) is 0 Å². The van der Waals surface area contributed by atoms with E-state index in [-0.39, 0.29) is 0 Å². The van der Waals surface area contributed by atoms with Crippen molar-refractivity contribution in [1.29, 1.82) is 0 Å². The minimum atomic E-state index is 0.428. The molecular weight excluding hydrogens is 136 g/mol. The Morgan fingerprint density at radius 1 is 1.27 bits per heavy atom. The van der Waals surface area contributed by atoms with Crippen molar-refractivity contribution in [3.05, 3.63) is 11.6 Å². The predicted octanol–water partition coefficient (Wildman–Crippen LogP) is 1.93. The van der Waals surface area contributed by atoms with E-state index in [2.05, 4.69) is 6.08 Å². The molecule has 0 aromatic heterocycles. The van der Waals surface area contributed by atoms with Gasteiger partial charge in [0.25, 0.3) is 0 Å². The number of allylic oxidation sites excluding steroid dienone is 2.